The Bertz CT molecular complexity index is 670. The van der Waals surface area contributed by atoms with Crippen LogP contribution >= 0.6 is 0 Å². The Labute approximate surface area is 133 Å². The van der Waals surface area contributed by atoms with Gasteiger partial charge in [0.25, 0.3) is 5.91 Å². The van der Waals surface area contributed by atoms with Crippen LogP contribution in [0.1, 0.15) is 16.8 Å². The normalized spacial score (nSPS) is 17.3. The van der Waals surface area contributed by atoms with E-state index in [9.17, 15) is 13.6 Å². The van der Waals surface area contributed by atoms with Crippen molar-refractivity contribution in [3.63, 3.8) is 0 Å². The van der Waals surface area contributed by atoms with Gasteiger partial charge in [0.2, 0.25) is 0 Å². The number of rotatable bonds is 4. The summed E-state index contributed by atoms with van der Waals surface area (Å²) in [7, 11) is 0. The van der Waals surface area contributed by atoms with Crippen molar-refractivity contribution in [3.8, 4) is 0 Å². The summed E-state index contributed by atoms with van der Waals surface area (Å²) in [6.45, 7) is 2.30. The van der Waals surface area contributed by atoms with Gasteiger partial charge in [0, 0.05) is 30.9 Å². The maximum Gasteiger partial charge on any atom is 0.251 e. The number of hydrogen-bond acceptors (Lipinski definition) is 2. The summed E-state index contributed by atoms with van der Waals surface area (Å²) in [4.78, 5) is 14.2. The molecule has 1 aliphatic heterocycles. The molecule has 2 aromatic carbocycles. The lowest BCUT2D eigenvalue weighted by Crippen LogP contribution is -2.31. The predicted molar refractivity (Wildman–Crippen MR) is 85.5 cm³/mol. The number of benzene rings is 2. The second kappa shape index (κ2) is 6.77. The van der Waals surface area contributed by atoms with Gasteiger partial charge in [-0.3, -0.25) is 4.79 Å². The van der Waals surface area contributed by atoms with Crippen LogP contribution in [0.4, 0.5) is 14.5 Å². The fourth-order valence-corrected chi connectivity index (χ4v) is 2.83. The lowest BCUT2D eigenvalue weighted by Gasteiger charge is -2.18. The molecule has 3 nitrogen and oxygen atoms in total. The third-order valence-corrected chi connectivity index (χ3v) is 4.14. The lowest BCUT2D eigenvalue weighted by molar-refractivity contribution is 0.0948. The van der Waals surface area contributed by atoms with E-state index in [1.807, 2.05) is 0 Å². The Hall–Kier alpha value is -2.43. The molecule has 3 rings (SSSR count). The number of anilines is 1. The molecule has 0 bridgehead atoms. The Morgan fingerprint density at radius 2 is 1.65 bits per heavy atom. The van der Waals surface area contributed by atoms with Gasteiger partial charge in [0.05, 0.1) is 0 Å². The molecule has 120 valence electrons. The van der Waals surface area contributed by atoms with E-state index >= 15 is 0 Å². The number of amides is 1. The van der Waals surface area contributed by atoms with E-state index < -0.39 is 0 Å². The number of hydrogen-bond donors (Lipinski definition) is 1. The highest BCUT2D eigenvalue weighted by molar-refractivity contribution is 5.94. The molecule has 0 aliphatic carbocycles. The first-order chi connectivity index (χ1) is 11.1. The van der Waals surface area contributed by atoms with Crippen LogP contribution in [-0.4, -0.2) is 25.5 Å². The molecule has 0 spiro atoms. The van der Waals surface area contributed by atoms with Crippen molar-refractivity contribution in [2.45, 2.75) is 6.42 Å². The molecule has 1 amide bonds. The summed E-state index contributed by atoms with van der Waals surface area (Å²) in [5.41, 5.74) is 1.46. The van der Waals surface area contributed by atoms with E-state index in [1.54, 1.807) is 12.1 Å². The number of halogens is 2. The first kappa shape index (κ1) is 15.5. The minimum atomic E-state index is -0.354. The van der Waals surface area contributed by atoms with Crippen LogP contribution < -0.4 is 10.2 Å². The van der Waals surface area contributed by atoms with Crippen molar-refractivity contribution in [2.24, 2.45) is 5.92 Å². The average Bonchev–Trinajstić information content (AvgIpc) is 3.03. The maximum absolute atomic E-state index is 13.0. The van der Waals surface area contributed by atoms with E-state index in [-0.39, 0.29) is 17.5 Å². The van der Waals surface area contributed by atoms with Gasteiger partial charge in [-0.15, -0.1) is 0 Å². The second-order valence-electron chi connectivity index (χ2n) is 5.79. The molecule has 1 saturated heterocycles. The minimum absolute atomic E-state index is 0.190. The van der Waals surface area contributed by atoms with Crippen LogP contribution in [0.15, 0.2) is 48.5 Å². The van der Waals surface area contributed by atoms with E-state index in [1.165, 1.54) is 36.4 Å². The van der Waals surface area contributed by atoms with Gasteiger partial charge in [-0.05, 0) is 60.9 Å². The van der Waals surface area contributed by atoms with Crippen molar-refractivity contribution >= 4 is 11.6 Å². The van der Waals surface area contributed by atoms with E-state index in [4.69, 9.17) is 0 Å². The SMILES string of the molecule is O=C(NCC1CCN(c2ccc(F)cc2)C1)c1ccc(F)cc1. The van der Waals surface area contributed by atoms with Crippen LogP contribution in [0.25, 0.3) is 0 Å². The van der Waals surface area contributed by atoms with Crippen molar-refractivity contribution in [1.29, 1.82) is 0 Å². The lowest BCUT2D eigenvalue weighted by atomic mass is 10.1. The topological polar surface area (TPSA) is 32.3 Å². The number of nitrogens with zero attached hydrogens (tertiary/aromatic N) is 1. The van der Waals surface area contributed by atoms with Gasteiger partial charge in [0.15, 0.2) is 0 Å². The molecular weight excluding hydrogens is 298 g/mol. The zero-order valence-corrected chi connectivity index (χ0v) is 12.6. The van der Waals surface area contributed by atoms with Gasteiger partial charge in [-0.2, -0.15) is 0 Å². The molecule has 0 radical (unpaired) electrons. The van der Waals surface area contributed by atoms with Crippen LogP contribution in [0.5, 0.6) is 0 Å². The second-order valence-corrected chi connectivity index (χ2v) is 5.79. The van der Waals surface area contributed by atoms with Gasteiger partial charge in [0.1, 0.15) is 11.6 Å². The van der Waals surface area contributed by atoms with Crippen molar-refractivity contribution in [1.82, 2.24) is 5.32 Å². The fraction of sp³-hybridized carbons (Fsp3) is 0.278. The molecule has 0 aromatic heterocycles. The highest BCUT2D eigenvalue weighted by Gasteiger charge is 2.23. The molecule has 1 heterocycles. The van der Waals surface area contributed by atoms with Crippen LogP contribution in [0.3, 0.4) is 0 Å². The molecule has 5 heteroatoms. The highest BCUT2D eigenvalue weighted by atomic mass is 19.1. The van der Waals surface area contributed by atoms with Crippen molar-refractivity contribution in [2.75, 3.05) is 24.5 Å². The predicted octanol–water partition coefficient (Wildman–Crippen LogP) is 3.22. The minimum Gasteiger partial charge on any atom is -0.371 e. The molecule has 23 heavy (non-hydrogen) atoms. The highest BCUT2D eigenvalue weighted by Crippen LogP contribution is 2.23. The Balaban J connectivity index is 1.51. The quantitative estimate of drug-likeness (QED) is 0.939. The molecule has 1 fully saturated rings. The number of carbonyl (C=O) groups is 1. The maximum atomic E-state index is 13.0. The third kappa shape index (κ3) is 3.86. The van der Waals surface area contributed by atoms with Gasteiger partial charge in [-0.25, -0.2) is 8.78 Å². The summed E-state index contributed by atoms with van der Waals surface area (Å²) < 4.78 is 25.8. The Kier molecular flexibility index (Phi) is 4.55. The average molecular weight is 316 g/mol. The van der Waals surface area contributed by atoms with E-state index in [2.05, 4.69) is 10.2 Å². The van der Waals surface area contributed by atoms with Gasteiger partial charge < -0.3 is 10.2 Å². The van der Waals surface area contributed by atoms with E-state index in [0.717, 1.165) is 25.2 Å². The third-order valence-electron chi connectivity index (χ3n) is 4.14. The summed E-state index contributed by atoms with van der Waals surface area (Å²) in [6, 6.07) is 12.0. The monoisotopic (exact) mass is 316 g/mol. The molecular formula is C18H18F2N2O. The molecule has 1 N–H and O–H groups in total. The molecule has 1 unspecified atom stereocenters. The molecule has 1 atom stereocenters. The Morgan fingerprint density at radius 1 is 1.04 bits per heavy atom. The summed E-state index contributed by atoms with van der Waals surface area (Å²) in [5.74, 6) is -0.432. The van der Waals surface area contributed by atoms with Gasteiger partial charge in [-0.1, -0.05) is 0 Å². The number of carbonyl (C=O) groups excluding carboxylic acids is 1. The van der Waals surface area contributed by atoms with Crippen molar-refractivity contribution in [3.05, 3.63) is 65.7 Å². The Morgan fingerprint density at radius 3 is 2.30 bits per heavy atom. The zero-order valence-electron chi connectivity index (χ0n) is 12.6. The smallest absolute Gasteiger partial charge is 0.251 e. The van der Waals surface area contributed by atoms with Gasteiger partial charge >= 0.3 is 0 Å². The standard InChI is InChI=1S/C18H18F2N2O/c19-15-3-1-14(2-4-15)18(23)21-11-13-9-10-22(12-13)17-7-5-16(20)6-8-17/h1-8,13H,9-12H2,(H,21,23). The van der Waals surface area contributed by atoms with Crippen LogP contribution in [0, 0.1) is 17.6 Å². The first-order valence-corrected chi connectivity index (χ1v) is 7.66. The summed E-state index contributed by atoms with van der Waals surface area (Å²) in [6.07, 6.45) is 0.973. The molecule has 2 aromatic rings. The fourth-order valence-electron chi connectivity index (χ4n) is 2.83. The van der Waals surface area contributed by atoms with E-state index in [0.29, 0.717) is 18.0 Å². The van der Waals surface area contributed by atoms with Crippen LogP contribution in [-0.2, 0) is 0 Å². The molecule has 0 saturated carbocycles. The summed E-state index contributed by atoms with van der Waals surface area (Å²) in [5, 5.41) is 2.89. The molecule has 1 aliphatic rings. The summed E-state index contributed by atoms with van der Waals surface area (Å²) >= 11 is 0. The zero-order chi connectivity index (χ0) is 16.2. The number of nitrogens with one attached hydrogen (secondary N) is 1. The first-order valence-electron chi connectivity index (χ1n) is 7.66. The van der Waals surface area contributed by atoms with Crippen molar-refractivity contribution < 1.29 is 13.6 Å². The largest absolute Gasteiger partial charge is 0.371 e. The van der Waals surface area contributed by atoms with Crippen LogP contribution in [0.2, 0.25) is 0 Å².